The molecule has 1 saturated heterocycles. The summed E-state index contributed by atoms with van der Waals surface area (Å²) in [5.74, 6) is -0.0988. The molecule has 0 spiro atoms. The molecule has 5 aromatic rings. The topological polar surface area (TPSA) is 116 Å². The molecular weight excluding hydrogens is 499 g/mol. The van der Waals surface area contributed by atoms with Gasteiger partial charge in [0, 0.05) is 30.5 Å². The smallest absolute Gasteiger partial charge is 0.414 e. The Morgan fingerprint density at radius 1 is 1.10 bits per heavy atom. The van der Waals surface area contributed by atoms with E-state index in [9.17, 15) is 14.0 Å². The van der Waals surface area contributed by atoms with E-state index in [-0.39, 0.29) is 23.4 Å². The minimum atomic E-state index is -0.550. The van der Waals surface area contributed by atoms with Crippen molar-refractivity contribution in [1.29, 1.82) is 0 Å². The number of aromatic amines is 2. The SMILES string of the molecule is CN1CCC(OC(=O)Nc2nc3cc(-c4cc(Cc5n[nH]c(=O)c6ccccc56)ccc4F)ccc3[nH]2)CC1. The molecule has 1 aliphatic rings. The number of fused-ring (bicyclic) bond motifs is 2. The third-order valence-corrected chi connectivity index (χ3v) is 7.13. The van der Waals surface area contributed by atoms with Crippen LogP contribution in [0.3, 0.4) is 0 Å². The second-order valence-corrected chi connectivity index (χ2v) is 9.89. The number of carbonyl (C=O) groups excluding carboxylic acids is 1. The van der Waals surface area contributed by atoms with Gasteiger partial charge in [0.25, 0.3) is 5.56 Å². The lowest BCUT2D eigenvalue weighted by Crippen LogP contribution is -2.36. The van der Waals surface area contributed by atoms with Crippen molar-refractivity contribution in [2.24, 2.45) is 0 Å². The average molecular weight is 527 g/mol. The average Bonchev–Trinajstić information content (AvgIpc) is 3.34. The van der Waals surface area contributed by atoms with Crippen LogP contribution in [0.15, 0.2) is 65.5 Å². The van der Waals surface area contributed by atoms with Crippen molar-refractivity contribution in [3.05, 3.63) is 88.1 Å². The molecular formula is C29H27FN6O3. The van der Waals surface area contributed by atoms with Gasteiger partial charge in [0.2, 0.25) is 5.95 Å². The molecule has 0 bridgehead atoms. The van der Waals surface area contributed by atoms with Gasteiger partial charge in [-0.3, -0.25) is 10.1 Å². The molecule has 2 aromatic heterocycles. The monoisotopic (exact) mass is 526 g/mol. The largest absolute Gasteiger partial charge is 0.446 e. The molecule has 0 saturated carbocycles. The molecule has 1 aliphatic heterocycles. The number of carbonyl (C=O) groups is 1. The highest BCUT2D eigenvalue weighted by Gasteiger charge is 2.21. The van der Waals surface area contributed by atoms with Gasteiger partial charge in [0.05, 0.1) is 22.1 Å². The molecule has 3 aromatic carbocycles. The van der Waals surface area contributed by atoms with E-state index in [0.717, 1.165) is 36.9 Å². The van der Waals surface area contributed by atoms with Crippen LogP contribution < -0.4 is 10.9 Å². The first-order valence-corrected chi connectivity index (χ1v) is 12.8. The summed E-state index contributed by atoms with van der Waals surface area (Å²) in [5, 5.41) is 10.8. The molecule has 39 heavy (non-hydrogen) atoms. The summed E-state index contributed by atoms with van der Waals surface area (Å²) in [6, 6.07) is 17.6. The van der Waals surface area contributed by atoms with Gasteiger partial charge >= 0.3 is 6.09 Å². The predicted molar refractivity (Wildman–Crippen MR) is 147 cm³/mol. The number of amides is 1. The van der Waals surface area contributed by atoms with Gasteiger partial charge < -0.3 is 14.6 Å². The first-order chi connectivity index (χ1) is 18.9. The third-order valence-electron chi connectivity index (χ3n) is 7.13. The third kappa shape index (κ3) is 5.23. The highest BCUT2D eigenvalue weighted by Crippen LogP contribution is 2.29. The Kier molecular flexibility index (Phi) is 6.54. The zero-order chi connectivity index (χ0) is 26.9. The van der Waals surface area contributed by atoms with E-state index in [1.165, 1.54) is 6.07 Å². The van der Waals surface area contributed by atoms with Crippen LogP contribution in [-0.4, -0.2) is 57.4 Å². The molecule has 9 nitrogen and oxygen atoms in total. The highest BCUT2D eigenvalue weighted by molar-refractivity contribution is 5.88. The van der Waals surface area contributed by atoms with Crippen LogP contribution in [0, 0.1) is 5.82 Å². The summed E-state index contributed by atoms with van der Waals surface area (Å²) in [6.45, 7) is 1.78. The number of nitrogens with zero attached hydrogens (tertiary/aromatic N) is 3. The number of likely N-dealkylation sites (tertiary alicyclic amines) is 1. The number of ether oxygens (including phenoxy) is 1. The molecule has 198 valence electrons. The van der Waals surface area contributed by atoms with Gasteiger partial charge in [-0.25, -0.2) is 19.3 Å². The van der Waals surface area contributed by atoms with Crippen LogP contribution >= 0.6 is 0 Å². The van der Waals surface area contributed by atoms with E-state index in [0.29, 0.717) is 39.7 Å². The van der Waals surface area contributed by atoms with Crippen LogP contribution in [0.1, 0.15) is 24.1 Å². The molecule has 3 heterocycles. The number of anilines is 1. The van der Waals surface area contributed by atoms with E-state index in [1.54, 1.807) is 36.4 Å². The molecule has 1 amide bonds. The summed E-state index contributed by atoms with van der Waals surface area (Å²) in [7, 11) is 2.05. The van der Waals surface area contributed by atoms with Gasteiger partial charge in [-0.05, 0) is 61.3 Å². The van der Waals surface area contributed by atoms with Gasteiger partial charge in [-0.15, -0.1) is 0 Å². The standard InChI is InChI=1S/C29H27FN6O3/c1-36-12-10-19(11-13-36)39-29(38)33-28-31-24-9-7-18(16-26(24)32-28)22-14-17(6-8-23(22)30)15-25-20-4-2-3-5-21(20)27(37)35-34-25/h2-9,14,16,19H,10-13,15H2,1H3,(H,35,37)(H2,31,32,33,38). The number of imidazole rings is 1. The number of halogens is 1. The molecule has 0 radical (unpaired) electrons. The van der Waals surface area contributed by atoms with Crippen LogP contribution in [0.2, 0.25) is 0 Å². The second-order valence-electron chi connectivity index (χ2n) is 9.89. The molecule has 1 fully saturated rings. The number of benzene rings is 3. The van der Waals surface area contributed by atoms with Gasteiger partial charge in [0.1, 0.15) is 11.9 Å². The molecule has 0 aliphatic carbocycles. The van der Waals surface area contributed by atoms with Gasteiger partial charge in [-0.2, -0.15) is 5.10 Å². The van der Waals surface area contributed by atoms with Crippen LogP contribution in [0.4, 0.5) is 15.1 Å². The van der Waals surface area contributed by atoms with Crippen molar-refractivity contribution >= 4 is 33.8 Å². The highest BCUT2D eigenvalue weighted by atomic mass is 19.1. The zero-order valence-electron chi connectivity index (χ0n) is 21.3. The van der Waals surface area contributed by atoms with E-state index >= 15 is 0 Å². The van der Waals surface area contributed by atoms with Crippen molar-refractivity contribution in [2.45, 2.75) is 25.4 Å². The summed E-state index contributed by atoms with van der Waals surface area (Å²) >= 11 is 0. The Morgan fingerprint density at radius 2 is 1.90 bits per heavy atom. The van der Waals surface area contributed by atoms with Crippen LogP contribution in [0.25, 0.3) is 32.9 Å². The lowest BCUT2D eigenvalue weighted by atomic mass is 9.98. The summed E-state index contributed by atoms with van der Waals surface area (Å²) < 4.78 is 20.5. The van der Waals surface area contributed by atoms with Crippen LogP contribution in [0.5, 0.6) is 0 Å². The number of rotatable bonds is 5. The van der Waals surface area contributed by atoms with Crippen molar-refractivity contribution in [2.75, 3.05) is 25.5 Å². The van der Waals surface area contributed by atoms with Gasteiger partial charge in [-0.1, -0.05) is 30.3 Å². The Bertz CT molecular complexity index is 1740. The first-order valence-electron chi connectivity index (χ1n) is 12.8. The Morgan fingerprint density at radius 3 is 2.72 bits per heavy atom. The molecule has 0 atom stereocenters. The van der Waals surface area contributed by atoms with Gasteiger partial charge in [0.15, 0.2) is 0 Å². The van der Waals surface area contributed by atoms with Crippen LogP contribution in [-0.2, 0) is 11.2 Å². The van der Waals surface area contributed by atoms with Crippen molar-refractivity contribution < 1.29 is 13.9 Å². The van der Waals surface area contributed by atoms with E-state index in [4.69, 9.17) is 4.74 Å². The van der Waals surface area contributed by atoms with E-state index in [2.05, 4.69) is 30.4 Å². The maximum atomic E-state index is 15.0. The Labute approximate surface area is 223 Å². The van der Waals surface area contributed by atoms with Crippen molar-refractivity contribution in [1.82, 2.24) is 25.1 Å². The Hall–Kier alpha value is -4.57. The van der Waals surface area contributed by atoms with Crippen molar-refractivity contribution in [3.63, 3.8) is 0 Å². The molecule has 0 unspecified atom stereocenters. The maximum Gasteiger partial charge on any atom is 0.414 e. The van der Waals surface area contributed by atoms with E-state index < -0.39 is 6.09 Å². The summed E-state index contributed by atoms with van der Waals surface area (Å²) in [4.78, 5) is 34.2. The number of hydrogen-bond donors (Lipinski definition) is 3. The minimum absolute atomic E-state index is 0.114. The fourth-order valence-corrected chi connectivity index (χ4v) is 5.02. The lowest BCUT2D eigenvalue weighted by molar-refractivity contribution is 0.0661. The number of piperidine rings is 1. The Balaban J connectivity index is 1.22. The molecule has 10 heteroatoms. The number of aromatic nitrogens is 4. The number of nitrogens with one attached hydrogen (secondary N) is 3. The van der Waals surface area contributed by atoms with E-state index in [1.807, 2.05) is 25.2 Å². The maximum absolute atomic E-state index is 15.0. The number of hydrogen-bond acceptors (Lipinski definition) is 6. The lowest BCUT2D eigenvalue weighted by Gasteiger charge is -2.28. The fourth-order valence-electron chi connectivity index (χ4n) is 5.02. The molecule has 3 N–H and O–H groups in total. The normalized spacial score (nSPS) is 14.6. The summed E-state index contributed by atoms with van der Waals surface area (Å²) in [6.07, 6.45) is 1.35. The first kappa shape index (κ1) is 24.7. The fraction of sp³-hybridized carbons (Fsp3) is 0.241. The predicted octanol–water partition coefficient (Wildman–Crippen LogP) is 4.84. The zero-order valence-corrected chi connectivity index (χ0v) is 21.3. The van der Waals surface area contributed by atoms with Crippen molar-refractivity contribution in [3.8, 4) is 11.1 Å². The number of H-pyrrole nitrogens is 2. The minimum Gasteiger partial charge on any atom is -0.446 e. The quantitative estimate of drug-likeness (QED) is 0.302. The second kappa shape index (κ2) is 10.3. The summed E-state index contributed by atoms with van der Waals surface area (Å²) in [5.41, 5.74) is 3.65. The molecule has 6 rings (SSSR count).